The number of carboxylic acids is 1. The van der Waals surface area contributed by atoms with Crippen molar-refractivity contribution in [3.05, 3.63) is 29.6 Å². The molecular formula is C14H16FNO4. The van der Waals surface area contributed by atoms with E-state index >= 15 is 0 Å². The number of likely N-dealkylation sites (tertiary alicyclic amines) is 1. The summed E-state index contributed by atoms with van der Waals surface area (Å²) in [4.78, 5) is 24.8. The number of hydrogen-bond acceptors (Lipinski definition) is 3. The first-order valence-electron chi connectivity index (χ1n) is 6.33. The first kappa shape index (κ1) is 14.3. The minimum absolute atomic E-state index is 0.133. The van der Waals surface area contributed by atoms with Crippen molar-refractivity contribution in [1.29, 1.82) is 0 Å². The second-order valence-electron chi connectivity index (χ2n) is 4.89. The van der Waals surface area contributed by atoms with E-state index in [1.54, 1.807) is 6.92 Å². The van der Waals surface area contributed by atoms with Crippen LogP contribution >= 0.6 is 0 Å². The van der Waals surface area contributed by atoms with Crippen LogP contribution in [0.4, 0.5) is 4.39 Å². The van der Waals surface area contributed by atoms with E-state index in [-0.39, 0.29) is 11.5 Å². The first-order chi connectivity index (χ1) is 9.45. The number of carbonyl (C=O) groups excluding carboxylic acids is 1. The third kappa shape index (κ3) is 2.45. The van der Waals surface area contributed by atoms with Crippen molar-refractivity contribution in [2.24, 2.45) is 5.92 Å². The maximum atomic E-state index is 13.9. The Hall–Kier alpha value is -2.11. The molecule has 0 radical (unpaired) electrons. The zero-order chi connectivity index (χ0) is 14.9. The topological polar surface area (TPSA) is 66.8 Å². The van der Waals surface area contributed by atoms with Crippen molar-refractivity contribution >= 4 is 11.9 Å². The molecule has 1 fully saturated rings. The average molecular weight is 281 g/mol. The highest BCUT2D eigenvalue weighted by molar-refractivity contribution is 5.97. The lowest BCUT2D eigenvalue weighted by Gasteiger charge is -2.23. The number of benzene rings is 1. The van der Waals surface area contributed by atoms with Crippen LogP contribution in [0.5, 0.6) is 5.75 Å². The van der Waals surface area contributed by atoms with E-state index in [1.165, 1.54) is 24.1 Å². The number of aliphatic carboxylic acids is 1. The average Bonchev–Trinajstić information content (AvgIpc) is 2.79. The third-order valence-electron chi connectivity index (χ3n) is 3.62. The van der Waals surface area contributed by atoms with Crippen LogP contribution in [0.1, 0.15) is 23.7 Å². The summed E-state index contributed by atoms with van der Waals surface area (Å²) in [5.41, 5.74) is -0.133. The molecule has 6 heteroatoms. The van der Waals surface area contributed by atoms with Crippen molar-refractivity contribution < 1.29 is 23.8 Å². The maximum absolute atomic E-state index is 13.9. The van der Waals surface area contributed by atoms with E-state index in [2.05, 4.69) is 0 Å². The normalized spacial score (nSPS) is 21.9. The van der Waals surface area contributed by atoms with Gasteiger partial charge < -0.3 is 14.7 Å². The molecule has 1 aliphatic heterocycles. The fraction of sp³-hybridized carbons (Fsp3) is 0.429. The molecule has 1 amide bonds. The largest absolute Gasteiger partial charge is 0.497 e. The standard InChI is InChI=1S/C14H16FNO4/c1-8-5-6-16(12(8)14(18)19)13(17)10-4-3-9(20-2)7-11(10)15/h3-4,7-8,12H,5-6H2,1-2H3,(H,18,19). The van der Waals surface area contributed by atoms with Crippen molar-refractivity contribution in [3.63, 3.8) is 0 Å². The fourth-order valence-corrected chi connectivity index (χ4v) is 2.50. The Labute approximate surface area is 116 Å². The van der Waals surface area contributed by atoms with Crippen LogP contribution in [0.2, 0.25) is 0 Å². The van der Waals surface area contributed by atoms with Crippen molar-refractivity contribution in [2.75, 3.05) is 13.7 Å². The molecule has 2 atom stereocenters. The molecule has 2 unspecified atom stereocenters. The van der Waals surface area contributed by atoms with Crippen molar-refractivity contribution in [3.8, 4) is 5.75 Å². The van der Waals surface area contributed by atoms with E-state index in [0.29, 0.717) is 18.7 Å². The van der Waals surface area contributed by atoms with Gasteiger partial charge in [-0.05, 0) is 24.5 Å². The number of nitrogens with zero attached hydrogens (tertiary/aromatic N) is 1. The van der Waals surface area contributed by atoms with E-state index in [4.69, 9.17) is 4.74 Å². The lowest BCUT2D eigenvalue weighted by Crippen LogP contribution is -2.43. The molecule has 1 aromatic carbocycles. The van der Waals surface area contributed by atoms with Gasteiger partial charge in [-0.2, -0.15) is 0 Å². The molecule has 0 aromatic heterocycles. The molecule has 0 aliphatic carbocycles. The third-order valence-corrected chi connectivity index (χ3v) is 3.62. The highest BCUT2D eigenvalue weighted by Crippen LogP contribution is 2.27. The van der Waals surface area contributed by atoms with Gasteiger partial charge in [-0.15, -0.1) is 0 Å². The smallest absolute Gasteiger partial charge is 0.326 e. The van der Waals surface area contributed by atoms with Gasteiger partial charge >= 0.3 is 5.97 Å². The number of carboxylic acid groups (broad SMARTS) is 1. The van der Waals surface area contributed by atoms with Crippen LogP contribution in [0, 0.1) is 11.7 Å². The van der Waals surface area contributed by atoms with Crippen molar-refractivity contribution in [1.82, 2.24) is 4.90 Å². The SMILES string of the molecule is COc1ccc(C(=O)N2CCC(C)C2C(=O)O)c(F)c1. The van der Waals surface area contributed by atoms with E-state index in [0.717, 1.165) is 6.07 Å². The van der Waals surface area contributed by atoms with Crippen LogP contribution in [0.3, 0.4) is 0 Å². The molecule has 0 spiro atoms. The number of methoxy groups -OCH3 is 1. The number of hydrogen-bond donors (Lipinski definition) is 1. The molecule has 1 N–H and O–H groups in total. The summed E-state index contributed by atoms with van der Waals surface area (Å²) < 4.78 is 18.8. The Kier molecular flexibility index (Phi) is 3.92. The number of halogens is 1. The Morgan fingerprint density at radius 1 is 1.45 bits per heavy atom. The molecule has 2 rings (SSSR count). The second-order valence-corrected chi connectivity index (χ2v) is 4.89. The lowest BCUT2D eigenvalue weighted by molar-refractivity contribution is -0.142. The number of ether oxygens (including phenoxy) is 1. The maximum Gasteiger partial charge on any atom is 0.326 e. The van der Waals surface area contributed by atoms with E-state index in [1.807, 2.05) is 0 Å². The summed E-state index contributed by atoms with van der Waals surface area (Å²) in [7, 11) is 1.40. The summed E-state index contributed by atoms with van der Waals surface area (Å²) in [5.74, 6) is -2.20. The monoisotopic (exact) mass is 281 g/mol. The highest BCUT2D eigenvalue weighted by Gasteiger charge is 2.40. The molecular weight excluding hydrogens is 265 g/mol. The van der Waals surface area contributed by atoms with Crippen LogP contribution in [-0.4, -0.2) is 41.6 Å². The van der Waals surface area contributed by atoms with E-state index < -0.39 is 23.7 Å². The van der Waals surface area contributed by atoms with Gasteiger partial charge in [0.1, 0.15) is 17.6 Å². The van der Waals surface area contributed by atoms with Gasteiger partial charge in [0, 0.05) is 12.6 Å². The zero-order valence-corrected chi connectivity index (χ0v) is 11.3. The fourth-order valence-electron chi connectivity index (χ4n) is 2.50. The van der Waals surface area contributed by atoms with Gasteiger partial charge in [-0.1, -0.05) is 6.92 Å². The molecule has 20 heavy (non-hydrogen) atoms. The summed E-state index contributed by atoms with van der Waals surface area (Å²) in [6.45, 7) is 2.10. The predicted molar refractivity (Wildman–Crippen MR) is 69.2 cm³/mol. The van der Waals surface area contributed by atoms with Crippen LogP contribution < -0.4 is 4.74 Å². The van der Waals surface area contributed by atoms with Gasteiger partial charge in [0.05, 0.1) is 12.7 Å². The van der Waals surface area contributed by atoms with Gasteiger partial charge in [-0.3, -0.25) is 4.79 Å². The Morgan fingerprint density at radius 3 is 2.70 bits per heavy atom. The second kappa shape index (κ2) is 5.48. The molecule has 1 aromatic rings. The summed E-state index contributed by atoms with van der Waals surface area (Å²) in [6, 6.07) is 3.01. The van der Waals surface area contributed by atoms with Crippen LogP contribution in [-0.2, 0) is 4.79 Å². The van der Waals surface area contributed by atoms with Crippen molar-refractivity contribution in [2.45, 2.75) is 19.4 Å². The Bertz CT molecular complexity index is 546. The molecule has 0 saturated carbocycles. The predicted octanol–water partition coefficient (Wildman–Crippen LogP) is 1.77. The molecule has 1 aliphatic rings. The first-order valence-corrected chi connectivity index (χ1v) is 6.33. The number of rotatable bonds is 3. The minimum Gasteiger partial charge on any atom is -0.497 e. The van der Waals surface area contributed by atoms with Gasteiger partial charge in [0.2, 0.25) is 0 Å². The summed E-state index contributed by atoms with van der Waals surface area (Å²) in [6.07, 6.45) is 0.598. The summed E-state index contributed by atoms with van der Waals surface area (Å²) >= 11 is 0. The van der Waals surface area contributed by atoms with Gasteiger partial charge in [0.25, 0.3) is 5.91 Å². The van der Waals surface area contributed by atoms with E-state index in [9.17, 15) is 19.1 Å². The Morgan fingerprint density at radius 2 is 2.15 bits per heavy atom. The molecule has 1 saturated heterocycles. The van der Waals surface area contributed by atoms with Gasteiger partial charge in [0.15, 0.2) is 0 Å². The molecule has 0 bridgehead atoms. The number of amides is 1. The minimum atomic E-state index is -1.06. The lowest BCUT2D eigenvalue weighted by atomic mass is 10.0. The molecule has 5 nitrogen and oxygen atoms in total. The Balaban J connectivity index is 2.29. The summed E-state index contributed by atoms with van der Waals surface area (Å²) in [5, 5.41) is 9.19. The number of carbonyl (C=O) groups is 2. The van der Waals surface area contributed by atoms with Crippen LogP contribution in [0.15, 0.2) is 18.2 Å². The van der Waals surface area contributed by atoms with Gasteiger partial charge in [-0.25, -0.2) is 9.18 Å². The quantitative estimate of drug-likeness (QED) is 0.917. The molecule has 108 valence electrons. The van der Waals surface area contributed by atoms with Crippen LogP contribution in [0.25, 0.3) is 0 Å². The zero-order valence-electron chi connectivity index (χ0n) is 11.3. The highest BCUT2D eigenvalue weighted by atomic mass is 19.1. The molecule has 1 heterocycles.